The maximum absolute atomic E-state index is 6.81. The number of rotatable bonds is 2. The van der Waals surface area contributed by atoms with Gasteiger partial charge in [0.2, 0.25) is 0 Å². The molecule has 0 bridgehead atoms. The van der Waals surface area contributed by atoms with Gasteiger partial charge in [-0.3, -0.25) is 0 Å². The number of hydrogen-bond acceptors (Lipinski definition) is 8. The fourth-order valence-corrected chi connectivity index (χ4v) is 53.7. The molecule has 2 aliphatic heterocycles. The minimum atomic E-state index is -2.76. The Morgan fingerprint density at radius 3 is 0.645 bits per heavy atom. The van der Waals surface area contributed by atoms with Gasteiger partial charge in [0.25, 0.3) is 0 Å². The smallest absolute Gasteiger partial charge is 0.319 e. The summed E-state index contributed by atoms with van der Waals surface area (Å²) >= 11 is 0. The molecular formula is C15H44O8Si8. The van der Waals surface area contributed by atoms with Crippen LogP contribution < -0.4 is 0 Å². The summed E-state index contributed by atoms with van der Waals surface area (Å²) in [6, 6.07) is 0. The average Bonchev–Trinajstić information content (AvgIpc) is 2.21. The summed E-state index contributed by atoms with van der Waals surface area (Å²) in [5.74, 6) is 0. The van der Waals surface area contributed by atoms with E-state index < -0.39 is 68.5 Å². The second-order valence-corrected chi connectivity index (χ2v) is 40.9. The molecule has 31 heavy (non-hydrogen) atoms. The molecule has 2 fully saturated rings. The van der Waals surface area contributed by atoms with Crippen molar-refractivity contribution >= 4 is 68.5 Å². The zero-order chi connectivity index (χ0) is 24.4. The van der Waals surface area contributed by atoms with Crippen molar-refractivity contribution in [3.8, 4) is 0 Å². The van der Waals surface area contributed by atoms with E-state index in [1.807, 2.05) is 0 Å². The van der Waals surface area contributed by atoms with Crippen molar-refractivity contribution < 1.29 is 32.9 Å². The van der Waals surface area contributed by atoms with E-state index in [1.165, 1.54) is 0 Å². The van der Waals surface area contributed by atoms with Crippen LogP contribution in [0, 0.1) is 0 Å². The van der Waals surface area contributed by atoms with E-state index in [1.54, 1.807) is 0 Å². The third kappa shape index (κ3) is 8.85. The summed E-state index contributed by atoms with van der Waals surface area (Å²) in [6.07, 6.45) is 0. The minimum absolute atomic E-state index is 0.628. The SMILES string of the molecule is C[Si]1(C)O[Si](C)(C)O[Si](C)(C[Si]2(C)O[Si](C)(C)O[Si](C)(C)O[Si](C)(C)O2)O[Si](C)(C)O1. The van der Waals surface area contributed by atoms with Gasteiger partial charge in [0.1, 0.15) is 0 Å². The van der Waals surface area contributed by atoms with Gasteiger partial charge < -0.3 is 32.9 Å². The molecule has 0 radical (unpaired) electrons. The first-order valence-electron chi connectivity index (χ1n) is 11.0. The van der Waals surface area contributed by atoms with E-state index in [4.69, 9.17) is 32.9 Å². The van der Waals surface area contributed by atoms with Gasteiger partial charge in [-0.1, -0.05) is 0 Å². The molecule has 0 aliphatic carbocycles. The predicted molar refractivity (Wildman–Crippen MR) is 142 cm³/mol. The van der Waals surface area contributed by atoms with Gasteiger partial charge >= 0.3 is 68.5 Å². The molecule has 0 aromatic carbocycles. The lowest BCUT2D eigenvalue weighted by Crippen LogP contribution is -2.70. The van der Waals surface area contributed by atoms with E-state index in [9.17, 15) is 0 Å². The molecule has 0 spiro atoms. The second kappa shape index (κ2) is 8.52. The van der Waals surface area contributed by atoms with E-state index in [-0.39, 0.29) is 0 Å². The maximum atomic E-state index is 6.81. The monoisotopic (exact) mass is 576 g/mol. The molecule has 0 amide bonds. The molecule has 0 atom stereocenters. The minimum Gasteiger partial charge on any atom is -0.416 e. The maximum Gasteiger partial charge on any atom is 0.319 e. The molecule has 2 rings (SSSR count). The Bertz CT molecular complexity index is 584. The van der Waals surface area contributed by atoms with Crippen LogP contribution in [0.4, 0.5) is 0 Å². The first-order valence-corrected chi connectivity index (χ1v) is 32.9. The van der Waals surface area contributed by atoms with Crippen LogP contribution in [0.2, 0.25) is 97.3 Å². The normalized spacial score (nSPS) is 32.7. The van der Waals surface area contributed by atoms with Crippen molar-refractivity contribution in [2.45, 2.75) is 97.3 Å². The van der Waals surface area contributed by atoms with Gasteiger partial charge in [-0.2, -0.15) is 0 Å². The van der Waals surface area contributed by atoms with Gasteiger partial charge in [-0.05, 0) is 91.7 Å². The molecule has 2 saturated heterocycles. The summed E-state index contributed by atoms with van der Waals surface area (Å²) in [5.41, 5.74) is 0.628. The van der Waals surface area contributed by atoms with Crippen LogP contribution in [0.1, 0.15) is 0 Å². The second-order valence-electron chi connectivity index (χ2n) is 11.7. The molecule has 0 N–H and O–H groups in total. The topological polar surface area (TPSA) is 73.8 Å². The Balaban J connectivity index is 2.41. The quantitative estimate of drug-likeness (QED) is 0.423. The van der Waals surface area contributed by atoms with Crippen LogP contribution in [0.15, 0.2) is 0 Å². The zero-order valence-electron chi connectivity index (χ0n) is 22.0. The molecule has 0 saturated carbocycles. The van der Waals surface area contributed by atoms with Crippen molar-refractivity contribution in [3.63, 3.8) is 0 Å². The average molecular weight is 577 g/mol. The molecule has 0 aromatic rings. The van der Waals surface area contributed by atoms with Gasteiger partial charge in [0.15, 0.2) is 0 Å². The van der Waals surface area contributed by atoms with Gasteiger partial charge in [-0.15, -0.1) is 0 Å². The summed E-state index contributed by atoms with van der Waals surface area (Å²) in [5, 5.41) is 0. The highest BCUT2D eigenvalue weighted by Gasteiger charge is 2.59. The lowest BCUT2D eigenvalue weighted by Gasteiger charge is -2.51. The Morgan fingerprint density at radius 2 is 0.452 bits per heavy atom. The van der Waals surface area contributed by atoms with Crippen LogP contribution in [0.25, 0.3) is 0 Å². The molecule has 0 unspecified atom stereocenters. The highest BCUT2D eigenvalue weighted by atomic mass is 28.6. The summed E-state index contributed by atoms with van der Waals surface area (Å²) in [6.45, 7) is 29.2. The van der Waals surface area contributed by atoms with E-state index in [2.05, 4.69) is 91.7 Å². The Morgan fingerprint density at radius 1 is 0.290 bits per heavy atom. The molecule has 2 heterocycles. The lowest BCUT2D eigenvalue weighted by atomic mass is 11.8. The lowest BCUT2D eigenvalue weighted by molar-refractivity contribution is 0.224. The summed E-state index contributed by atoms with van der Waals surface area (Å²) in [4.78, 5) is 0. The fourth-order valence-electron chi connectivity index (χ4n) is 5.34. The molecule has 16 heteroatoms. The van der Waals surface area contributed by atoms with Crippen molar-refractivity contribution in [2.75, 3.05) is 0 Å². The van der Waals surface area contributed by atoms with Crippen molar-refractivity contribution in [1.29, 1.82) is 0 Å². The van der Waals surface area contributed by atoms with E-state index in [0.717, 1.165) is 0 Å². The van der Waals surface area contributed by atoms with Gasteiger partial charge in [-0.25, -0.2) is 0 Å². The van der Waals surface area contributed by atoms with Crippen molar-refractivity contribution in [1.82, 2.24) is 0 Å². The molecule has 184 valence electrons. The van der Waals surface area contributed by atoms with Crippen molar-refractivity contribution in [2.24, 2.45) is 0 Å². The number of hydrogen-bond donors (Lipinski definition) is 0. The summed E-state index contributed by atoms with van der Waals surface area (Å²) in [7, 11) is -20.1. The Kier molecular flexibility index (Phi) is 7.87. The predicted octanol–water partition coefficient (Wildman–Crippen LogP) is 5.04. The van der Waals surface area contributed by atoms with Crippen LogP contribution in [-0.2, 0) is 32.9 Å². The van der Waals surface area contributed by atoms with Crippen LogP contribution in [0.3, 0.4) is 0 Å². The first kappa shape index (κ1) is 28.7. The zero-order valence-corrected chi connectivity index (χ0v) is 30.0. The van der Waals surface area contributed by atoms with Crippen molar-refractivity contribution in [3.05, 3.63) is 0 Å². The highest BCUT2D eigenvalue weighted by Crippen LogP contribution is 2.38. The standard InChI is InChI=1S/C15H44O8Si8/c1-24(2)16-26(5,6)20-30(13,21-27(7,8)17-24)15-31(14)22-28(9,10)18-25(3,4)19-29(11,12)23-31/h15H2,1-14H3. The van der Waals surface area contributed by atoms with Gasteiger partial charge in [0.05, 0.1) is 0 Å². The van der Waals surface area contributed by atoms with Crippen LogP contribution in [-0.4, -0.2) is 68.5 Å². The third-order valence-electron chi connectivity index (χ3n) is 4.46. The first-order chi connectivity index (χ1) is 13.4. The van der Waals surface area contributed by atoms with E-state index in [0.29, 0.717) is 5.67 Å². The fraction of sp³-hybridized carbons (Fsp3) is 1.00. The van der Waals surface area contributed by atoms with Crippen LogP contribution >= 0.6 is 0 Å². The molecular weight excluding hydrogens is 533 g/mol. The molecule has 0 aromatic heterocycles. The Labute approximate surface area is 198 Å². The highest BCUT2D eigenvalue weighted by molar-refractivity contribution is 7.00. The molecule has 2 aliphatic rings. The largest absolute Gasteiger partial charge is 0.416 e. The molecule has 8 nitrogen and oxygen atoms in total. The van der Waals surface area contributed by atoms with E-state index >= 15 is 0 Å². The third-order valence-corrected chi connectivity index (χ3v) is 40.1. The van der Waals surface area contributed by atoms with Gasteiger partial charge in [0, 0.05) is 5.67 Å². The van der Waals surface area contributed by atoms with Crippen LogP contribution in [0.5, 0.6) is 0 Å². The Hall–Kier alpha value is 1.42. The summed E-state index contributed by atoms with van der Waals surface area (Å²) < 4.78 is 53.3.